The maximum atomic E-state index is 12.2. The first-order valence-electron chi connectivity index (χ1n) is 8.01. The van der Waals surface area contributed by atoms with Gasteiger partial charge < -0.3 is 10.1 Å². The third-order valence-electron chi connectivity index (χ3n) is 3.81. The zero-order valence-corrected chi connectivity index (χ0v) is 15.2. The second-order valence-corrected chi connectivity index (χ2v) is 6.80. The van der Waals surface area contributed by atoms with E-state index in [1.54, 1.807) is 19.2 Å². The molecule has 2 aromatic carbocycles. The fraction of sp³-hybridized carbons (Fsp3) is 0.167. The Morgan fingerprint density at radius 1 is 1.30 bits per heavy atom. The van der Waals surface area contributed by atoms with E-state index < -0.39 is 4.92 Å². The summed E-state index contributed by atoms with van der Waals surface area (Å²) >= 11 is 1.29. The maximum absolute atomic E-state index is 12.2. The zero-order valence-electron chi connectivity index (χ0n) is 14.4. The molecule has 3 rings (SSSR count). The Bertz CT molecular complexity index is 929. The van der Waals surface area contributed by atoms with Gasteiger partial charge in [-0.05, 0) is 18.1 Å². The van der Waals surface area contributed by atoms with Crippen LogP contribution in [0.25, 0.3) is 0 Å². The fourth-order valence-electron chi connectivity index (χ4n) is 2.52. The molecule has 138 valence electrons. The van der Waals surface area contributed by atoms with Gasteiger partial charge in [-0.1, -0.05) is 42.1 Å². The second-order valence-electron chi connectivity index (χ2n) is 5.61. The van der Waals surface area contributed by atoms with Crippen LogP contribution in [0.2, 0.25) is 0 Å². The van der Waals surface area contributed by atoms with Crippen molar-refractivity contribution in [3.05, 3.63) is 69.8 Å². The largest absolute Gasteiger partial charge is 0.496 e. The number of methoxy groups -OCH3 is 1. The van der Waals surface area contributed by atoms with E-state index in [1.165, 1.54) is 30.1 Å². The molecule has 27 heavy (non-hydrogen) atoms. The van der Waals surface area contributed by atoms with Crippen molar-refractivity contribution in [2.45, 2.75) is 11.7 Å². The molecule has 0 radical (unpaired) electrons. The minimum absolute atomic E-state index is 0.0213. The van der Waals surface area contributed by atoms with Gasteiger partial charge in [0.1, 0.15) is 5.75 Å². The van der Waals surface area contributed by atoms with E-state index in [2.05, 4.69) is 15.5 Å². The molecule has 1 saturated heterocycles. The van der Waals surface area contributed by atoms with Crippen molar-refractivity contribution in [1.82, 2.24) is 5.32 Å². The number of benzene rings is 2. The number of thioether (sulfide) groups is 1. The van der Waals surface area contributed by atoms with E-state index in [1.807, 2.05) is 24.3 Å². The van der Waals surface area contributed by atoms with E-state index >= 15 is 0 Å². The predicted octanol–water partition coefficient (Wildman–Crippen LogP) is 2.77. The highest BCUT2D eigenvalue weighted by Gasteiger charge is 2.31. The minimum Gasteiger partial charge on any atom is -0.496 e. The number of hydrogen-bond acceptors (Lipinski definition) is 7. The first-order chi connectivity index (χ1) is 13.1. The number of ether oxygens (including phenoxy) is 1. The van der Waals surface area contributed by atoms with Gasteiger partial charge in [0.15, 0.2) is 5.17 Å². The lowest BCUT2D eigenvalue weighted by Gasteiger charge is -2.09. The van der Waals surface area contributed by atoms with E-state index in [0.29, 0.717) is 17.2 Å². The average Bonchev–Trinajstić information content (AvgIpc) is 3.01. The molecular formula is C18H16N4O4S. The average molecular weight is 384 g/mol. The minimum atomic E-state index is -0.473. The standard InChI is InChI=1S/C18H16N4O4S/c1-26-15-8-3-2-6-13(15)10-16-17(23)20-18(27-16)21-19-11-12-5-4-7-14(9-12)22(24)25/h2-9,11,16H,10H2,1H3,(H,20,21,23). The van der Waals surface area contributed by atoms with E-state index in [4.69, 9.17) is 4.74 Å². The van der Waals surface area contributed by atoms with E-state index in [0.717, 1.165) is 11.3 Å². The summed E-state index contributed by atoms with van der Waals surface area (Å²) in [6.07, 6.45) is 1.91. The summed E-state index contributed by atoms with van der Waals surface area (Å²) in [5.74, 6) is 0.593. The second kappa shape index (κ2) is 8.45. The molecule has 0 spiro atoms. The number of para-hydroxylation sites is 1. The number of amides is 1. The molecule has 0 bridgehead atoms. The number of hydrogen-bond donors (Lipinski definition) is 1. The number of nitrogens with zero attached hydrogens (tertiary/aromatic N) is 3. The van der Waals surface area contributed by atoms with Crippen LogP contribution in [-0.2, 0) is 11.2 Å². The molecule has 1 aliphatic rings. The number of nitrogens with one attached hydrogen (secondary N) is 1. The normalized spacial score (nSPS) is 18.0. The number of nitro benzene ring substituents is 1. The summed E-state index contributed by atoms with van der Waals surface area (Å²) in [7, 11) is 1.59. The highest BCUT2D eigenvalue weighted by atomic mass is 32.2. The van der Waals surface area contributed by atoms with Gasteiger partial charge in [0.25, 0.3) is 5.69 Å². The van der Waals surface area contributed by atoms with Gasteiger partial charge in [-0.15, -0.1) is 5.10 Å². The molecule has 0 aromatic heterocycles. The molecular weight excluding hydrogens is 368 g/mol. The molecule has 2 aromatic rings. The number of rotatable bonds is 6. The van der Waals surface area contributed by atoms with Gasteiger partial charge in [-0.25, -0.2) is 0 Å². The molecule has 1 amide bonds. The number of carbonyl (C=O) groups excluding carboxylic acids is 1. The topological polar surface area (TPSA) is 106 Å². The van der Waals surface area contributed by atoms with Crippen LogP contribution < -0.4 is 10.1 Å². The van der Waals surface area contributed by atoms with Crippen molar-refractivity contribution in [3.63, 3.8) is 0 Å². The van der Waals surface area contributed by atoms with Gasteiger partial charge >= 0.3 is 0 Å². The van der Waals surface area contributed by atoms with Crippen molar-refractivity contribution in [3.8, 4) is 5.75 Å². The first-order valence-corrected chi connectivity index (χ1v) is 8.89. The Morgan fingerprint density at radius 3 is 2.89 bits per heavy atom. The van der Waals surface area contributed by atoms with Gasteiger partial charge in [0.05, 0.1) is 23.5 Å². The Kier molecular flexibility index (Phi) is 5.82. The van der Waals surface area contributed by atoms with Crippen molar-refractivity contribution >= 4 is 34.7 Å². The molecule has 1 heterocycles. The Labute approximate surface area is 159 Å². The fourth-order valence-corrected chi connectivity index (χ4v) is 3.48. The first kappa shape index (κ1) is 18.6. The molecule has 1 atom stereocenters. The molecule has 1 unspecified atom stereocenters. The SMILES string of the molecule is COc1ccccc1CC1SC(=NN=Cc2cccc([N+](=O)[O-])c2)NC1=O. The van der Waals surface area contributed by atoms with Gasteiger partial charge in [-0.2, -0.15) is 5.10 Å². The number of carbonyl (C=O) groups is 1. The predicted molar refractivity (Wildman–Crippen MR) is 104 cm³/mol. The summed E-state index contributed by atoms with van der Waals surface area (Å²) in [5, 5.41) is 21.4. The molecule has 8 nitrogen and oxygen atoms in total. The monoisotopic (exact) mass is 384 g/mol. The van der Waals surface area contributed by atoms with Crippen molar-refractivity contribution < 1.29 is 14.5 Å². The highest BCUT2D eigenvalue weighted by molar-refractivity contribution is 8.15. The maximum Gasteiger partial charge on any atom is 0.270 e. The zero-order chi connectivity index (χ0) is 19.2. The molecule has 9 heteroatoms. The summed E-state index contributed by atoms with van der Waals surface area (Å²) < 4.78 is 5.32. The third-order valence-corrected chi connectivity index (χ3v) is 4.88. The lowest BCUT2D eigenvalue weighted by molar-refractivity contribution is -0.384. The van der Waals surface area contributed by atoms with Crippen molar-refractivity contribution in [1.29, 1.82) is 0 Å². The number of nitro groups is 1. The third kappa shape index (κ3) is 4.70. The number of non-ortho nitro benzene ring substituents is 1. The van der Waals surface area contributed by atoms with Crippen LogP contribution in [-0.4, -0.2) is 34.6 Å². The Morgan fingerprint density at radius 2 is 2.11 bits per heavy atom. The Balaban J connectivity index is 1.66. The smallest absolute Gasteiger partial charge is 0.270 e. The lowest BCUT2D eigenvalue weighted by Crippen LogP contribution is -2.26. The summed E-state index contributed by atoms with van der Waals surface area (Å²) in [6, 6.07) is 13.6. The van der Waals surface area contributed by atoms with Gasteiger partial charge in [-0.3, -0.25) is 14.9 Å². The van der Waals surface area contributed by atoms with Crippen LogP contribution in [0.1, 0.15) is 11.1 Å². The lowest BCUT2D eigenvalue weighted by atomic mass is 10.1. The van der Waals surface area contributed by atoms with E-state index in [9.17, 15) is 14.9 Å². The van der Waals surface area contributed by atoms with Crippen LogP contribution in [0.5, 0.6) is 5.75 Å². The van der Waals surface area contributed by atoms with Crippen LogP contribution in [0, 0.1) is 10.1 Å². The van der Waals surface area contributed by atoms with Crippen LogP contribution >= 0.6 is 11.8 Å². The summed E-state index contributed by atoms with van der Waals surface area (Å²) in [6.45, 7) is 0. The van der Waals surface area contributed by atoms with Gasteiger partial charge in [0.2, 0.25) is 5.91 Å². The molecule has 1 N–H and O–H groups in total. The molecule has 1 aliphatic heterocycles. The summed E-state index contributed by atoms with van der Waals surface area (Å²) in [4.78, 5) is 22.5. The van der Waals surface area contributed by atoms with Gasteiger partial charge in [0, 0.05) is 17.7 Å². The molecule has 0 saturated carbocycles. The Hall–Kier alpha value is -3.20. The van der Waals surface area contributed by atoms with Crippen LogP contribution in [0.4, 0.5) is 5.69 Å². The summed E-state index contributed by atoms with van der Waals surface area (Å²) in [5.41, 5.74) is 1.47. The van der Waals surface area contributed by atoms with Crippen molar-refractivity contribution in [2.75, 3.05) is 7.11 Å². The van der Waals surface area contributed by atoms with Crippen LogP contribution in [0.15, 0.2) is 58.7 Å². The van der Waals surface area contributed by atoms with Crippen molar-refractivity contribution in [2.24, 2.45) is 10.2 Å². The number of amidine groups is 1. The molecule has 0 aliphatic carbocycles. The quantitative estimate of drug-likeness (QED) is 0.468. The van der Waals surface area contributed by atoms with E-state index in [-0.39, 0.29) is 16.8 Å². The van der Waals surface area contributed by atoms with Crippen LogP contribution in [0.3, 0.4) is 0 Å². The highest BCUT2D eigenvalue weighted by Crippen LogP contribution is 2.27. The molecule has 1 fully saturated rings.